The largest absolute Gasteiger partial charge is 0.456 e. The fourth-order valence-corrected chi connectivity index (χ4v) is 6.48. The maximum absolute atomic E-state index is 6.86. The number of hydrogen-bond donors (Lipinski definition) is 0. The van der Waals surface area contributed by atoms with E-state index in [2.05, 4.69) is 111 Å². The predicted octanol–water partition coefficient (Wildman–Crippen LogP) is 11.2. The Morgan fingerprint density at radius 2 is 1.57 bits per heavy atom. The normalized spacial score (nSPS) is 14.8. The number of furan rings is 1. The Balaban J connectivity index is 1.61. The van der Waals surface area contributed by atoms with Crippen molar-refractivity contribution in [2.75, 3.05) is 0 Å². The van der Waals surface area contributed by atoms with Crippen LogP contribution in [-0.2, 0) is 0 Å². The highest BCUT2D eigenvalue weighted by Gasteiger charge is 2.23. The van der Waals surface area contributed by atoms with Gasteiger partial charge in [0.15, 0.2) is 5.84 Å². The van der Waals surface area contributed by atoms with Crippen LogP contribution in [0.1, 0.15) is 44.7 Å². The summed E-state index contributed by atoms with van der Waals surface area (Å²) in [6.45, 7) is 10.1. The van der Waals surface area contributed by atoms with Crippen LogP contribution in [0.3, 0.4) is 0 Å². The molecule has 1 aromatic heterocycles. The molecule has 3 heteroatoms. The van der Waals surface area contributed by atoms with Gasteiger partial charge in [0.2, 0.25) is 0 Å². The van der Waals surface area contributed by atoms with E-state index in [9.17, 15) is 0 Å². The standard InChI is InChI=1S/C43H36N2O/c1-5-7-8-10-17-29(4)44-43(45-41(28(3)6-2)31-19-11-9-12-20-31)36-24-15-23-35-38-32-21-14-13-18-30(32)26-27-34(38)33-22-16-25-37-39(33)40(35)42(36)46-37/h5,7-23,25-27H,1,6,24H2,2-4H3/b8-7-,17-10+,41-28+,44-29?,45-43?. The lowest BCUT2D eigenvalue weighted by Crippen LogP contribution is -2.13. The minimum Gasteiger partial charge on any atom is -0.456 e. The Bertz CT molecular complexity index is 2390. The van der Waals surface area contributed by atoms with E-state index < -0.39 is 0 Å². The maximum Gasteiger partial charge on any atom is 0.160 e. The van der Waals surface area contributed by atoms with E-state index in [-0.39, 0.29) is 0 Å². The van der Waals surface area contributed by atoms with Crippen LogP contribution in [-0.4, -0.2) is 11.5 Å². The SMILES string of the molecule is C=C/C=C\C=C\C(C)=NC(=N/C(=C(\C)CC)c1ccccc1)C1=c2oc3cccc4c5ccc6ccccc6c5c(c2c34)C=CC1. The molecule has 0 unspecified atom stereocenters. The minimum atomic E-state index is 0.634. The highest BCUT2D eigenvalue weighted by atomic mass is 16.3. The van der Waals surface area contributed by atoms with Crippen LogP contribution in [0.25, 0.3) is 60.6 Å². The molecular weight excluding hydrogens is 560 g/mol. The zero-order chi connectivity index (χ0) is 31.6. The topological polar surface area (TPSA) is 37.9 Å². The van der Waals surface area contributed by atoms with Gasteiger partial charge in [0.25, 0.3) is 0 Å². The average Bonchev–Trinajstić information content (AvgIpc) is 3.38. The van der Waals surface area contributed by atoms with Crippen LogP contribution in [0.4, 0.5) is 0 Å². The van der Waals surface area contributed by atoms with Crippen molar-refractivity contribution in [2.24, 2.45) is 9.98 Å². The monoisotopic (exact) mass is 596 g/mol. The highest BCUT2D eigenvalue weighted by Crippen LogP contribution is 2.41. The predicted molar refractivity (Wildman–Crippen MR) is 199 cm³/mol. The molecule has 0 fully saturated rings. The number of fused-ring (bicyclic) bond motifs is 5. The van der Waals surface area contributed by atoms with Gasteiger partial charge in [0.05, 0.1) is 5.70 Å². The van der Waals surface area contributed by atoms with Gasteiger partial charge in [0, 0.05) is 27.6 Å². The van der Waals surface area contributed by atoms with Crippen molar-refractivity contribution in [3.05, 3.63) is 150 Å². The first-order valence-electron chi connectivity index (χ1n) is 15.9. The van der Waals surface area contributed by atoms with Crippen LogP contribution in [0.2, 0.25) is 0 Å². The second-order valence-corrected chi connectivity index (χ2v) is 11.7. The van der Waals surface area contributed by atoms with Crippen molar-refractivity contribution in [3.8, 4) is 0 Å². The van der Waals surface area contributed by atoms with Crippen LogP contribution in [0.15, 0.2) is 148 Å². The third-order valence-electron chi connectivity index (χ3n) is 8.80. The van der Waals surface area contributed by atoms with Crippen molar-refractivity contribution < 1.29 is 4.42 Å². The number of nitrogens with zero attached hydrogens (tertiary/aromatic N) is 2. The summed E-state index contributed by atoms with van der Waals surface area (Å²) in [4.78, 5) is 10.6. The first-order valence-corrected chi connectivity index (χ1v) is 15.9. The lowest BCUT2D eigenvalue weighted by atomic mass is 9.90. The zero-order valence-electron chi connectivity index (χ0n) is 26.5. The minimum absolute atomic E-state index is 0.634. The molecule has 0 bridgehead atoms. The van der Waals surface area contributed by atoms with E-state index >= 15 is 0 Å². The first-order chi connectivity index (χ1) is 22.6. The number of rotatable bonds is 7. The molecule has 0 amide bonds. The van der Waals surface area contributed by atoms with E-state index in [1.54, 1.807) is 6.08 Å². The van der Waals surface area contributed by atoms with E-state index in [0.29, 0.717) is 12.3 Å². The van der Waals surface area contributed by atoms with Crippen molar-refractivity contribution in [1.29, 1.82) is 0 Å². The third kappa shape index (κ3) is 5.14. The third-order valence-corrected chi connectivity index (χ3v) is 8.80. The maximum atomic E-state index is 6.86. The summed E-state index contributed by atoms with van der Waals surface area (Å²) in [5, 5.41) is 8.43. The Morgan fingerprint density at radius 3 is 2.39 bits per heavy atom. The van der Waals surface area contributed by atoms with Gasteiger partial charge in [-0.1, -0.05) is 129 Å². The summed E-state index contributed by atoms with van der Waals surface area (Å²) in [5.74, 6) is 0.660. The molecular formula is C43H36N2O. The molecule has 0 N–H and O–H groups in total. The Labute approximate surface area is 269 Å². The van der Waals surface area contributed by atoms with Gasteiger partial charge < -0.3 is 4.42 Å². The summed E-state index contributed by atoms with van der Waals surface area (Å²) in [6.07, 6.45) is 15.6. The Kier molecular flexibility index (Phi) is 7.90. The molecule has 0 saturated heterocycles. The van der Waals surface area contributed by atoms with E-state index in [1.807, 2.05) is 37.3 Å². The van der Waals surface area contributed by atoms with Crippen LogP contribution < -0.4 is 5.42 Å². The lowest BCUT2D eigenvalue weighted by Gasteiger charge is -2.12. The zero-order valence-corrected chi connectivity index (χ0v) is 26.5. The number of benzene rings is 5. The first kappa shape index (κ1) is 29.2. The number of hydrogen-bond acceptors (Lipinski definition) is 2. The van der Waals surface area contributed by atoms with Crippen molar-refractivity contribution in [2.45, 2.75) is 33.6 Å². The van der Waals surface area contributed by atoms with E-state index in [4.69, 9.17) is 14.4 Å². The second-order valence-electron chi connectivity index (χ2n) is 11.7. The molecule has 1 aliphatic carbocycles. The molecule has 3 nitrogen and oxygen atoms in total. The van der Waals surface area contributed by atoms with Crippen LogP contribution >= 0.6 is 0 Å². The van der Waals surface area contributed by atoms with Gasteiger partial charge >= 0.3 is 0 Å². The smallest absolute Gasteiger partial charge is 0.160 e. The number of amidine groups is 1. The molecule has 7 rings (SSSR count). The summed E-state index contributed by atoms with van der Waals surface area (Å²) in [5.41, 5.74) is 7.94. The van der Waals surface area contributed by atoms with Gasteiger partial charge in [-0.15, -0.1) is 0 Å². The van der Waals surface area contributed by atoms with Gasteiger partial charge in [-0.2, -0.15) is 0 Å². The molecule has 6 aromatic rings. The molecule has 0 saturated carbocycles. The average molecular weight is 597 g/mol. The number of allylic oxidation sites excluding steroid dienone is 7. The highest BCUT2D eigenvalue weighted by molar-refractivity contribution is 6.31. The molecule has 0 atom stereocenters. The molecule has 1 aliphatic rings. The van der Waals surface area contributed by atoms with E-state index in [1.165, 1.54) is 38.1 Å². The fourth-order valence-electron chi connectivity index (χ4n) is 6.48. The molecule has 46 heavy (non-hydrogen) atoms. The number of aliphatic imine (C=N–C) groups is 2. The fraction of sp³-hybridized carbons (Fsp3) is 0.116. The summed E-state index contributed by atoms with van der Waals surface area (Å²) < 4.78 is 6.86. The molecule has 224 valence electrons. The molecule has 0 spiro atoms. The molecule has 5 aromatic carbocycles. The molecule has 0 radical (unpaired) electrons. The van der Waals surface area contributed by atoms with Crippen molar-refractivity contribution >= 4 is 72.2 Å². The lowest BCUT2D eigenvalue weighted by molar-refractivity contribution is 0.581. The van der Waals surface area contributed by atoms with E-state index in [0.717, 1.165) is 50.7 Å². The summed E-state index contributed by atoms with van der Waals surface area (Å²) in [6, 6.07) is 29.9. The van der Waals surface area contributed by atoms with Gasteiger partial charge in [-0.25, -0.2) is 9.98 Å². The van der Waals surface area contributed by atoms with Gasteiger partial charge in [-0.3, -0.25) is 0 Å². The summed E-state index contributed by atoms with van der Waals surface area (Å²) >= 11 is 0. The second kappa shape index (κ2) is 12.5. The summed E-state index contributed by atoms with van der Waals surface area (Å²) in [7, 11) is 0. The molecule has 1 heterocycles. The van der Waals surface area contributed by atoms with Crippen LogP contribution in [0, 0.1) is 0 Å². The van der Waals surface area contributed by atoms with Gasteiger partial charge in [-0.05, 0) is 76.9 Å². The van der Waals surface area contributed by atoms with Crippen LogP contribution in [0.5, 0.6) is 0 Å². The van der Waals surface area contributed by atoms with Gasteiger partial charge in [0.1, 0.15) is 11.0 Å². The van der Waals surface area contributed by atoms with Crippen molar-refractivity contribution in [3.63, 3.8) is 0 Å². The Morgan fingerprint density at radius 1 is 0.783 bits per heavy atom. The molecule has 0 aliphatic heterocycles. The quantitative estimate of drug-likeness (QED) is 0.0782. The Hall–Kier alpha value is -5.54. The van der Waals surface area contributed by atoms with Crippen molar-refractivity contribution in [1.82, 2.24) is 0 Å².